The Morgan fingerprint density at radius 3 is 3.00 bits per heavy atom. The number of ketones is 1. The molecule has 0 aliphatic carbocycles. The molecule has 3 nitrogen and oxygen atoms in total. The van der Waals surface area contributed by atoms with Crippen molar-refractivity contribution < 1.29 is 13.9 Å². The molecule has 1 aromatic heterocycles. The van der Waals surface area contributed by atoms with Gasteiger partial charge in [0.05, 0.1) is 13.0 Å². The van der Waals surface area contributed by atoms with Gasteiger partial charge in [-0.2, -0.15) is 0 Å². The fraction of sp³-hybridized carbons (Fsp3) is 0.333. The number of nitrogens with zero attached hydrogens (tertiary/aromatic N) is 1. The second-order valence-corrected chi connectivity index (χ2v) is 5.81. The molecule has 2 rings (SSSR count). The Hall–Kier alpha value is -1.75. The van der Waals surface area contributed by atoms with Crippen molar-refractivity contribution in [2.24, 2.45) is 0 Å². The van der Waals surface area contributed by atoms with E-state index in [1.807, 2.05) is 6.92 Å². The Bertz CT molecular complexity index is 583. The van der Waals surface area contributed by atoms with Crippen LogP contribution >= 0.6 is 11.3 Å². The van der Waals surface area contributed by atoms with Crippen LogP contribution in [0.5, 0.6) is 5.75 Å². The average Bonchev–Trinajstić information content (AvgIpc) is 2.80. The predicted molar refractivity (Wildman–Crippen MR) is 76.7 cm³/mol. The number of carbonyl (C=O) groups excluding carboxylic acids is 1. The summed E-state index contributed by atoms with van der Waals surface area (Å²) >= 11 is 1.55. The van der Waals surface area contributed by atoms with E-state index in [9.17, 15) is 9.18 Å². The van der Waals surface area contributed by atoms with E-state index in [-0.39, 0.29) is 11.6 Å². The summed E-state index contributed by atoms with van der Waals surface area (Å²) in [6.07, 6.45) is 3.24. The fourth-order valence-electron chi connectivity index (χ4n) is 1.76. The Kier molecular flexibility index (Phi) is 5.24. The molecule has 0 aliphatic rings. The van der Waals surface area contributed by atoms with Crippen LogP contribution in [0.4, 0.5) is 4.39 Å². The Labute approximate surface area is 121 Å². The Morgan fingerprint density at radius 1 is 1.45 bits per heavy atom. The highest BCUT2D eigenvalue weighted by Gasteiger charge is 2.07. The zero-order valence-electron chi connectivity index (χ0n) is 11.3. The van der Waals surface area contributed by atoms with E-state index in [2.05, 4.69) is 4.98 Å². The third-order valence-electron chi connectivity index (χ3n) is 2.68. The fourth-order valence-corrected chi connectivity index (χ4v) is 2.57. The molecule has 0 fully saturated rings. The van der Waals surface area contributed by atoms with Gasteiger partial charge < -0.3 is 4.74 Å². The van der Waals surface area contributed by atoms with Gasteiger partial charge >= 0.3 is 0 Å². The molecule has 0 saturated heterocycles. The van der Waals surface area contributed by atoms with E-state index in [0.717, 1.165) is 9.88 Å². The lowest BCUT2D eigenvalue weighted by molar-refractivity contribution is -0.118. The molecule has 0 aliphatic heterocycles. The lowest BCUT2D eigenvalue weighted by Crippen LogP contribution is -2.06. The summed E-state index contributed by atoms with van der Waals surface area (Å²) in [7, 11) is 0. The van der Waals surface area contributed by atoms with Gasteiger partial charge in [-0.05, 0) is 25.5 Å². The number of rotatable bonds is 7. The van der Waals surface area contributed by atoms with Crippen LogP contribution in [0.25, 0.3) is 0 Å². The molecule has 0 bridgehead atoms. The third kappa shape index (κ3) is 4.74. The highest BCUT2D eigenvalue weighted by Crippen LogP contribution is 2.14. The van der Waals surface area contributed by atoms with Gasteiger partial charge in [0, 0.05) is 23.6 Å². The van der Waals surface area contributed by atoms with Crippen LogP contribution in [0.1, 0.15) is 22.7 Å². The number of carbonyl (C=O) groups is 1. The van der Waals surface area contributed by atoms with Crippen molar-refractivity contribution in [3.8, 4) is 5.75 Å². The summed E-state index contributed by atoms with van der Waals surface area (Å²) in [5, 5.41) is 0.860. The zero-order valence-corrected chi connectivity index (χ0v) is 12.1. The lowest BCUT2D eigenvalue weighted by Gasteiger charge is -2.05. The molecular formula is C15H16FNO2S. The van der Waals surface area contributed by atoms with E-state index in [4.69, 9.17) is 4.74 Å². The van der Waals surface area contributed by atoms with Crippen LogP contribution in [0.2, 0.25) is 0 Å². The highest BCUT2D eigenvalue weighted by molar-refractivity contribution is 7.11. The second kappa shape index (κ2) is 7.14. The SMILES string of the molecule is Cc1cnc(CC(=O)CCCOc2cccc(F)c2)s1. The van der Waals surface area contributed by atoms with Gasteiger partial charge in [-0.15, -0.1) is 11.3 Å². The van der Waals surface area contributed by atoms with Gasteiger partial charge in [0.25, 0.3) is 0 Å². The molecule has 0 radical (unpaired) electrons. The normalized spacial score (nSPS) is 10.5. The Balaban J connectivity index is 1.67. The second-order valence-electron chi connectivity index (χ2n) is 4.49. The van der Waals surface area contributed by atoms with Crippen molar-refractivity contribution in [1.29, 1.82) is 0 Å². The summed E-state index contributed by atoms with van der Waals surface area (Å²) in [6, 6.07) is 6.00. The molecule has 0 saturated carbocycles. The molecule has 1 aromatic carbocycles. The molecule has 106 valence electrons. The number of aryl methyl sites for hydroxylation is 1. The first-order chi connectivity index (χ1) is 9.63. The number of benzene rings is 1. The molecular weight excluding hydrogens is 277 g/mol. The predicted octanol–water partition coefficient (Wildman–Crippen LogP) is 3.56. The third-order valence-corrected chi connectivity index (χ3v) is 3.60. The van der Waals surface area contributed by atoms with Crippen LogP contribution < -0.4 is 4.74 Å². The maximum Gasteiger partial charge on any atom is 0.139 e. The number of hydrogen-bond acceptors (Lipinski definition) is 4. The van der Waals surface area contributed by atoms with Crippen LogP contribution in [-0.2, 0) is 11.2 Å². The van der Waals surface area contributed by atoms with E-state index < -0.39 is 0 Å². The van der Waals surface area contributed by atoms with Crippen molar-refractivity contribution in [2.75, 3.05) is 6.61 Å². The smallest absolute Gasteiger partial charge is 0.139 e. The average molecular weight is 293 g/mol. The van der Waals surface area contributed by atoms with Crippen molar-refractivity contribution >= 4 is 17.1 Å². The zero-order chi connectivity index (χ0) is 14.4. The number of ether oxygens (including phenoxy) is 1. The van der Waals surface area contributed by atoms with Gasteiger partial charge in [-0.25, -0.2) is 9.37 Å². The monoisotopic (exact) mass is 293 g/mol. The quantitative estimate of drug-likeness (QED) is 0.733. The summed E-state index contributed by atoms with van der Waals surface area (Å²) in [4.78, 5) is 17.0. The van der Waals surface area contributed by atoms with E-state index in [1.54, 1.807) is 29.7 Å². The summed E-state index contributed by atoms with van der Waals surface area (Å²) in [6.45, 7) is 2.38. The largest absolute Gasteiger partial charge is 0.493 e. The standard InChI is InChI=1S/C15H16FNO2S/c1-11-10-17-15(20-11)9-13(18)5-3-7-19-14-6-2-4-12(16)8-14/h2,4,6,8,10H,3,5,7,9H2,1H3. The van der Waals surface area contributed by atoms with Gasteiger partial charge in [0.2, 0.25) is 0 Å². The van der Waals surface area contributed by atoms with E-state index in [0.29, 0.717) is 31.6 Å². The van der Waals surface area contributed by atoms with Gasteiger partial charge in [0.1, 0.15) is 22.4 Å². The van der Waals surface area contributed by atoms with Gasteiger partial charge in [0.15, 0.2) is 0 Å². The molecule has 0 amide bonds. The topological polar surface area (TPSA) is 39.2 Å². The maximum absolute atomic E-state index is 12.9. The molecule has 1 heterocycles. The highest BCUT2D eigenvalue weighted by atomic mass is 32.1. The summed E-state index contributed by atoms with van der Waals surface area (Å²) in [5.74, 6) is 0.327. The van der Waals surface area contributed by atoms with Crippen molar-refractivity contribution in [1.82, 2.24) is 4.98 Å². The number of halogens is 1. The summed E-state index contributed by atoms with van der Waals surface area (Å²) in [5.41, 5.74) is 0. The molecule has 2 aromatic rings. The van der Waals surface area contributed by atoms with Crippen LogP contribution in [-0.4, -0.2) is 17.4 Å². The number of Topliss-reactive ketones (excluding diaryl/α,β-unsaturated/α-hetero) is 1. The number of aromatic nitrogens is 1. The van der Waals surface area contributed by atoms with Crippen molar-refractivity contribution in [3.05, 3.63) is 46.2 Å². The minimum atomic E-state index is -0.322. The molecule has 0 N–H and O–H groups in total. The molecule has 0 spiro atoms. The minimum absolute atomic E-state index is 0.155. The van der Waals surface area contributed by atoms with Crippen molar-refractivity contribution in [2.45, 2.75) is 26.2 Å². The molecule has 0 atom stereocenters. The first-order valence-electron chi connectivity index (χ1n) is 6.45. The number of hydrogen-bond donors (Lipinski definition) is 0. The summed E-state index contributed by atoms with van der Waals surface area (Å²) < 4.78 is 18.3. The Morgan fingerprint density at radius 2 is 2.30 bits per heavy atom. The van der Waals surface area contributed by atoms with E-state index >= 15 is 0 Å². The first kappa shape index (κ1) is 14.7. The van der Waals surface area contributed by atoms with Gasteiger partial charge in [-0.1, -0.05) is 6.07 Å². The maximum atomic E-state index is 12.9. The van der Waals surface area contributed by atoms with E-state index in [1.165, 1.54) is 12.1 Å². The van der Waals surface area contributed by atoms with Crippen LogP contribution in [0, 0.1) is 12.7 Å². The molecule has 5 heteroatoms. The number of thiazole rings is 1. The molecule has 0 unspecified atom stereocenters. The molecule has 20 heavy (non-hydrogen) atoms. The lowest BCUT2D eigenvalue weighted by atomic mass is 10.2. The van der Waals surface area contributed by atoms with Crippen molar-refractivity contribution in [3.63, 3.8) is 0 Å². The van der Waals surface area contributed by atoms with Crippen LogP contribution in [0.3, 0.4) is 0 Å². The minimum Gasteiger partial charge on any atom is -0.493 e. The first-order valence-corrected chi connectivity index (χ1v) is 7.26. The van der Waals surface area contributed by atoms with Crippen LogP contribution in [0.15, 0.2) is 30.5 Å². The van der Waals surface area contributed by atoms with Gasteiger partial charge in [-0.3, -0.25) is 4.79 Å².